The fraction of sp³-hybridized carbons (Fsp3) is 0.750. The van der Waals surface area contributed by atoms with Crippen LogP contribution >= 0.6 is 0 Å². The fourth-order valence-electron chi connectivity index (χ4n) is 0.686. The second kappa shape index (κ2) is 6.78. The van der Waals surface area contributed by atoms with Crippen molar-refractivity contribution in [3.63, 3.8) is 0 Å². The number of methoxy groups -OCH3 is 1. The molecule has 0 amide bonds. The van der Waals surface area contributed by atoms with Gasteiger partial charge in [0.2, 0.25) is 0 Å². The maximum Gasteiger partial charge on any atom is 0.0646 e. The summed E-state index contributed by atoms with van der Waals surface area (Å²) in [6.07, 6.45) is 3.86. The molecule has 0 saturated carbocycles. The molecule has 60 valence electrons. The van der Waals surface area contributed by atoms with E-state index in [-0.39, 0.29) is 6.61 Å². The van der Waals surface area contributed by atoms with Crippen molar-refractivity contribution in [3.8, 4) is 0 Å². The average Bonchev–Trinajstić information content (AvgIpc) is 1.97. The highest BCUT2D eigenvalue weighted by Gasteiger charge is 1.87. The van der Waals surface area contributed by atoms with E-state index in [1.165, 1.54) is 5.57 Å². The van der Waals surface area contributed by atoms with E-state index in [4.69, 9.17) is 9.84 Å². The Bertz CT molecular complexity index is 97.4. The topological polar surface area (TPSA) is 29.5 Å². The standard InChI is InChI=1S/C8H16O2/c1-8(4-3-6-9)5-7-10-2/h5,9H,3-4,6-7H2,1-2H3/b8-5+. The van der Waals surface area contributed by atoms with E-state index in [0.29, 0.717) is 6.61 Å². The molecular formula is C8H16O2. The maximum absolute atomic E-state index is 8.48. The molecule has 0 atom stereocenters. The van der Waals surface area contributed by atoms with Crippen molar-refractivity contribution in [1.82, 2.24) is 0 Å². The van der Waals surface area contributed by atoms with Crippen LogP contribution < -0.4 is 0 Å². The van der Waals surface area contributed by atoms with E-state index in [0.717, 1.165) is 12.8 Å². The first-order chi connectivity index (χ1) is 4.81. The van der Waals surface area contributed by atoms with Crippen molar-refractivity contribution in [1.29, 1.82) is 0 Å². The normalized spacial score (nSPS) is 12.1. The summed E-state index contributed by atoms with van der Waals surface area (Å²) >= 11 is 0. The Morgan fingerprint density at radius 2 is 2.30 bits per heavy atom. The molecule has 10 heavy (non-hydrogen) atoms. The Morgan fingerprint density at radius 3 is 2.80 bits per heavy atom. The zero-order valence-corrected chi connectivity index (χ0v) is 6.76. The number of aliphatic hydroxyl groups is 1. The molecule has 0 spiro atoms. The van der Waals surface area contributed by atoms with Crippen LogP contribution in [0.5, 0.6) is 0 Å². The molecule has 2 nitrogen and oxygen atoms in total. The predicted octanol–water partition coefficient (Wildman–Crippen LogP) is 1.35. The summed E-state index contributed by atoms with van der Waals surface area (Å²) < 4.78 is 4.85. The zero-order valence-electron chi connectivity index (χ0n) is 6.76. The molecule has 0 radical (unpaired) electrons. The zero-order chi connectivity index (χ0) is 7.82. The molecule has 0 aromatic heterocycles. The second-order valence-electron chi connectivity index (χ2n) is 2.33. The number of hydrogen-bond acceptors (Lipinski definition) is 2. The molecule has 0 aliphatic carbocycles. The molecule has 0 unspecified atom stereocenters. The molecule has 0 rings (SSSR count). The molecular weight excluding hydrogens is 128 g/mol. The molecule has 0 saturated heterocycles. The summed E-state index contributed by atoms with van der Waals surface area (Å²) in [6, 6.07) is 0. The minimum atomic E-state index is 0.276. The quantitative estimate of drug-likeness (QED) is 0.590. The van der Waals surface area contributed by atoms with Crippen LogP contribution in [0.4, 0.5) is 0 Å². The highest BCUT2D eigenvalue weighted by molar-refractivity contribution is 4.97. The Balaban J connectivity index is 3.30. The Morgan fingerprint density at radius 1 is 1.60 bits per heavy atom. The molecule has 0 aromatic rings. The maximum atomic E-state index is 8.48. The van der Waals surface area contributed by atoms with Gasteiger partial charge < -0.3 is 9.84 Å². The molecule has 2 heteroatoms. The fourth-order valence-corrected chi connectivity index (χ4v) is 0.686. The molecule has 0 aliphatic rings. The number of hydrogen-bond donors (Lipinski definition) is 1. The highest BCUT2D eigenvalue weighted by atomic mass is 16.5. The lowest BCUT2D eigenvalue weighted by molar-refractivity contribution is 0.233. The molecule has 0 bridgehead atoms. The van der Waals surface area contributed by atoms with Gasteiger partial charge in [0.05, 0.1) is 6.61 Å². The van der Waals surface area contributed by atoms with Crippen LogP contribution in [0.25, 0.3) is 0 Å². The number of allylic oxidation sites excluding steroid dienone is 1. The van der Waals surface area contributed by atoms with Gasteiger partial charge in [-0.25, -0.2) is 0 Å². The number of ether oxygens (including phenoxy) is 1. The Labute approximate surface area is 62.5 Å². The summed E-state index contributed by atoms with van der Waals surface area (Å²) in [5.41, 5.74) is 1.29. The van der Waals surface area contributed by atoms with Gasteiger partial charge >= 0.3 is 0 Å². The lowest BCUT2D eigenvalue weighted by Crippen LogP contribution is -1.87. The molecule has 0 aliphatic heterocycles. The van der Waals surface area contributed by atoms with Gasteiger partial charge in [0, 0.05) is 13.7 Å². The highest BCUT2D eigenvalue weighted by Crippen LogP contribution is 2.01. The van der Waals surface area contributed by atoms with Crippen LogP contribution in [-0.2, 0) is 4.74 Å². The molecule has 0 heterocycles. The van der Waals surface area contributed by atoms with Gasteiger partial charge in [0.1, 0.15) is 0 Å². The summed E-state index contributed by atoms with van der Waals surface area (Å²) in [5.74, 6) is 0. The van der Waals surface area contributed by atoms with Crippen molar-refractivity contribution in [2.24, 2.45) is 0 Å². The second-order valence-corrected chi connectivity index (χ2v) is 2.33. The third kappa shape index (κ3) is 5.79. The minimum absolute atomic E-state index is 0.276. The largest absolute Gasteiger partial charge is 0.396 e. The van der Waals surface area contributed by atoms with Gasteiger partial charge in [-0.05, 0) is 19.8 Å². The summed E-state index contributed by atoms with van der Waals surface area (Å²) in [4.78, 5) is 0. The van der Waals surface area contributed by atoms with Crippen LogP contribution in [0, 0.1) is 0 Å². The van der Waals surface area contributed by atoms with Crippen LogP contribution in [0.3, 0.4) is 0 Å². The lowest BCUT2D eigenvalue weighted by atomic mass is 10.1. The summed E-state index contributed by atoms with van der Waals surface area (Å²) in [6.45, 7) is 3.00. The summed E-state index contributed by atoms with van der Waals surface area (Å²) in [7, 11) is 1.68. The van der Waals surface area contributed by atoms with Crippen molar-refractivity contribution in [3.05, 3.63) is 11.6 Å². The van der Waals surface area contributed by atoms with Gasteiger partial charge in [0.15, 0.2) is 0 Å². The van der Waals surface area contributed by atoms with E-state index in [1.54, 1.807) is 7.11 Å². The van der Waals surface area contributed by atoms with E-state index in [2.05, 4.69) is 6.92 Å². The Kier molecular flexibility index (Phi) is 6.55. The predicted molar refractivity (Wildman–Crippen MR) is 42.0 cm³/mol. The van der Waals surface area contributed by atoms with Crippen molar-refractivity contribution < 1.29 is 9.84 Å². The first-order valence-electron chi connectivity index (χ1n) is 3.56. The van der Waals surface area contributed by atoms with Gasteiger partial charge in [-0.2, -0.15) is 0 Å². The first-order valence-corrected chi connectivity index (χ1v) is 3.56. The van der Waals surface area contributed by atoms with Crippen LogP contribution in [0.1, 0.15) is 19.8 Å². The average molecular weight is 144 g/mol. The van der Waals surface area contributed by atoms with Crippen molar-refractivity contribution in [2.75, 3.05) is 20.3 Å². The smallest absolute Gasteiger partial charge is 0.0646 e. The van der Waals surface area contributed by atoms with Gasteiger partial charge in [0.25, 0.3) is 0 Å². The minimum Gasteiger partial charge on any atom is -0.396 e. The van der Waals surface area contributed by atoms with Gasteiger partial charge in [-0.15, -0.1) is 0 Å². The van der Waals surface area contributed by atoms with Crippen molar-refractivity contribution >= 4 is 0 Å². The van der Waals surface area contributed by atoms with Crippen LogP contribution in [0.2, 0.25) is 0 Å². The lowest BCUT2D eigenvalue weighted by Gasteiger charge is -1.97. The number of aliphatic hydroxyl groups excluding tert-OH is 1. The first kappa shape index (κ1) is 9.66. The third-order valence-corrected chi connectivity index (χ3v) is 1.33. The van der Waals surface area contributed by atoms with Gasteiger partial charge in [-0.3, -0.25) is 0 Å². The van der Waals surface area contributed by atoms with Gasteiger partial charge in [-0.1, -0.05) is 11.6 Å². The number of rotatable bonds is 5. The molecule has 0 fully saturated rings. The van der Waals surface area contributed by atoms with E-state index in [1.807, 2.05) is 6.08 Å². The monoisotopic (exact) mass is 144 g/mol. The Hall–Kier alpha value is -0.340. The van der Waals surface area contributed by atoms with E-state index < -0.39 is 0 Å². The molecule has 1 N–H and O–H groups in total. The summed E-state index contributed by atoms with van der Waals surface area (Å²) in [5, 5.41) is 8.48. The van der Waals surface area contributed by atoms with Crippen molar-refractivity contribution in [2.45, 2.75) is 19.8 Å². The van der Waals surface area contributed by atoms with Crippen LogP contribution in [-0.4, -0.2) is 25.4 Å². The van der Waals surface area contributed by atoms with Crippen LogP contribution in [0.15, 0.2) is 11.6 Å². The third-order valence-electron chi connectivity index (χ3n) is 1.33. The van der Waals surface area contributed by atoms with E-state index >= 15 is 0 Å². The molecule has 0 aromatic carbocycles. The van der Waals surface area contributed by atoms with E-state index in [9.17, 15) is 0 Å². The SMILES string of the molecule is COC/C=C(\C)CCCO.